The van der Waals surface area contributed by atoms with Crippen LogP contribution in [0.3, 0.4) is 0 Å². The number of hydrogen-bond donors (Lipinski definition) is 2. The summed E-state index contributed by atoms with van der Waals surface area (Å²) in [6.07, 6.45) is 0.0472. The number of rotatable bonds is 11. The molecule has 0 aliphatic carbocycles. The van der Waals surface area contributed by atoms with Gasteiger partial charge in [0.2, 0.25) is 0 Å². The summed E-state index contributed by atoms with van der Waals surface area (Å²) in [7, 11) is -5.64. The fourth-order valence-corrected chi connectivity index (χ4v) is 14.8. The van der Waals surface area contributed by atoms with Gasteiger partial charge < -0.3 is 23.2 Å². The number of aliphatic hydroxyl groups excluding tert-OH is 2. The van der Waals surface area contributed by atoms with E-state index in [2.05, 4.69) is 52.8 Å². The van der Waals surface area contributed by atoms with Crippen LogP contribution < -0.4 is 0 Å². The maximum Gasteiger partial charge on any atom is 0.317 e. The molecule has 2 atom stereocenters. The van der Waals surface area contributed by atoms with Gasteiger partial charge in [-0.05, 0) is 52.2 Å². The first-order valence-electron chi connectivity index (χ1n) is 8.06. The van der Waals surface area contributed by atoms with E-state index in [0.29, 0.717) is 12.1 Å². The largest absolute Gasteiger partial charge is 0.436 e. The predicted molar refractivity (Wildman–Crippen MR) is 98.4 cm³/mol. The molecular formula is C14H36O5Si3. The van der Waals surface area contributed by atoms with Crippen LogP contribution in [0.15, 0.2) is 0 Å². The van der Waals surface area contributed by atoms with E-state index in [9.17, 15) is 5.11 Å². The maximum atomic E-state index is 9.28. The molecule has 2 N–H and O–H groups in total. The zero-order chi connectivity index (χ0) is 17.6. The van der Waals surface area contributed by atoms with Gasteiger partial charge in [-0.15, -0.1) is 0 Å². The lowest BCUT2D eigenvalue weighted by Crippen LogP contribution is -2.55. The van der Waals surface area contributed by atoms with Crippen LogP contribution in [0.5, 0.6) is 0 Å². The lowest BCUT2D eigenvalue weighted by molar-refractivity contribution is 0.00513. The molecule has 0 heterocycles. The van der Waals surface area contributed by atoms with Gasteiger partial charge in [0.15, 0.2) is 16.6 Å². The van der Waals surface area contributed by atoms with Crippen LogP contribution in [-0.4, -0.2) is 61.3 Å². The van der Waals surface area contributed by atoms with E-state index in [1.165, 1.54) is 0 Å². The molecule has 5 nitrogen and oxygen atoms in total. The van der Waals surface area contributed by atoms with E-state index >= 15 is 0 Å². The van der Waals surface area contributed by atoms with E-state index in [4.69, 9.17) is 18.1 Å². The van der Waals surface area contributed by atoms with Crippen LogP contribution in [0.4, 0.5) is 0 Å². The number of hydrogen-bond acceptors (Lipinski definition) is 5. The molecule has 0 aliphatic rings. The molecular weight excluding hydrogens is 332 g/mol. The van der Waals surface area contributed by atoms with Crippen molar-refractivity contribution in [2.24, 2.45) is 0 Å². The molecule has 0 saturated carbocycles. The zero-order valence-electron chi connectivity index (χ0n) is 15.6. The average Bonchev–Trinajstić information content (AvgIpc) is 2.28. The summed E-state index contributed by atoms with van der Waals surface area (Å²) in [5.74, 6) is 0. The second-order valence-corrected chi connectivity index (χ2v) is 21.1. The lowest BCUT2D eigenvalue weighted by Gasteiger charge is -2.42. The normalized spacial score (nSPS) is 16.6. The molecule has 2 unspecified atom stereocenters. The minimum atomic E-state index is -2.28. The molecule has 0 amide bonds. The van der Waals surface area contributed by atoms with Crippen molar-refractivity contribution in [1.29, 1.82) is 0 Å². The van der Waals surface area contributed by atoms with E-state index in [1.54, 1.807) is 0 Å². The first kappa shape index (κ1) is 22.5. The highest BCUT2D eigenvalue weighted by molar-refractivity contribution is 6.88. The Morgan fingerprint density at radius 1 is 0.909 bits per heavy atom. The SMILES string of the molecule is CC(CCOCC(O)CO)[Si](C)(O[Si](C)(C)C)O[Si](C)(C)C. The highest BCUT2D eigenvalue weighted by Gasteiger charge is 2.44. The Morgan fingerprint density at radius 3 is 1.73 bits per heavy atom. The van der Waals surface area contributed by atoms with Crippen molar-refractivity contribution in [2.75, 3.05) is 19.8 Å². The second-order valence-electron chi connectivity index (χ2n) is 8.05. The summed E-state index contributed by atoms with van der Waals surface area (Å²) < 4.78 is 18.5. The topological polar surface area (TPSA) is 68.2 Å². The molecule has 0 fully saturated rings. The molecule has 0 saturated heterocycles. The van der Waals surface area contributed by atoms with E-state index in [-0.39, 0.29) is 13.2 Å². The second kappa shape index (κ2) is 9.07. The minimum Gasteiger partial charge on any atom is -0.436 e. The van der Waals surface area contributed by atoms with E-state index in [1.807, 2.05) is 0 Å². The smallest absolute Gasteiger partial charge is 0.317 e. The summed E-state index contributed by atoms with van der Waals surface area (Å²) in [5, 5.41) is 18.1. The Kier molecular flexibility index (Phi) is 9.26. The van der Waals surface area contributed by atoms with Gasteiger partial charge in [-0.2, -0.15) is 0 Å². The molecule has 134 valence electrons. The molecule has 0 radical (unpaired) electrons. The maximum absolute atomic E-state index is 9.28. The summed E-state index contributed by atoms with van der Waals surface area (Å²) in [6, 6.07) is 0. The van der Waals surface area contributed by atoms with Crippen LogP contribution in [0, 0.1) is 0 Å². The molecule has 0 aromatic carbocycles. The third-order valence-electron chi connectivity index (χ3n) is 3.13. The van der Waals surface area contributed by atoms with Gasteiger partial charge in [0.25, 0.3) is 0 Å². The highest BCUT2D eigenvalue weighted by Crippen LogP contribution is 2.32. The van der Waals surface area contributed by atoms with Gasteiger partial charge in [0, 0.05) is 12.1 Å². The van der Waals surface area contributed by atoms with Gasteiger partial charge >= 0.3 is 8.56 Å². The third kappa shape index (κ3) is 10.3. The summed E-state index contributed by atoms with van der Waals surface area (Å²) in [4.78, 5) is 0. The van der Waals surface area contributed by atoms with Crippen LogP contribution in [-0.2, 0) is 13.0 Å². The van der Waals surface area contributed by atoms with Gasteiger partial charge in [0.1, 0.15) is 6.10 Å². The Morgan fingerprint density at radius 2 is 1.36 bits per heavy atom. The Hall–Kier alpha value is 0.451. The molecule has 22 heavy (non-hydrogen) atoms. The monoisotopic (exact) mass is 368 g/mol. The molecule has 0 aliphatic heterocycles. The Bertz CT molecular complexity index is 299. The van der Waals surface area contributed by atoms with Crippen molar-refractivity contribution in [3.63, 3.8) is 0 Å². The Labute approximate surface area is 139 Å². The molecule has 8 heteroatoms. The van der Waals surface area contributed by atoms with E-state index < -0.39 is 31.3 Å². The first-order chi connectivity index (χ1) is 9.79. The lowest BCUT2D eigenvalue weighted by atomic mass is 10.3. The summed E-state index contributed by atoms with van der Waals surface area (Å²) >= 11 is 0. The predicted octanol–water partition coefficient (Wildman–Crippen LogP) is 2.91. The quantitative estimate of drug-likeness (QED) is 0.433. The van der Waals surface area contributed by atoms with Gasteiger partial charge in [-0.3, -0.25) is 0 Å². The van der Waals surface area contributed by atoms with Crippen molar-refractivity contribution < 1.29 is 23.2 Å². The van der Waals surface area contributed by atoms with Crippen molar-refractivity contribution in [3.8, 4) is 0 Å². The fraction of sp³-hybridized carbons (Fsp3) is 1.00. The zero-order valence-corrected chi connectivity index (χ0v) is 18.6. The van der Waals surface area contributed by atoms with Crippen LogP contribution >= 0.6 is 0 Å². The van der Waals surface area contributed by atoms with Gasteiger partial charge in [-0.1, -0.05) is 6.92 Å². The first-order valence-corrected chi connectivity index (χ1v) is 17.3. The van der Waals surface area contributed by atoms with Crippen LogP contribution in [0.1, 0.15) is 13.3 Å². The summed E-state index contributed by atoms with van der Waals surface area (Å²) in [6.45, 7) is 18.0. The van der Waals surface area contributed by atoms with Crippen molar-refractivity contribution in [1.82, 2.24) is 0 Å². The molecule has 0 bridgehead atoms. The third-order valence-corrected chi connectivity index (χ3v) is 13.3. The number of ether oxygens (including phenoxy) is 1. The Balaban J connectivity index is 4.66. The number of aliphatic hydroxyl groups is 2. The summed E-state index contributed by atoms with van der Waals surface area (Å²) in [5.41, 5.74) is 0.317. The molecule has 0 aromatic heterocycles. The fourth-order valence-electron chi connectivity index (χ4n) is 2.23. The van der Waals surface area contributed by atoms with Crippen molar-refractivity contribution in [3.05, 3.63) is 0 Å². The van der Waals surface area contributed by atoms with Crippen LogP contribution in [0.2, 0.25) is 51.4 Å². The highest BCUT2D eigenvalue weighted by atomic mass is 28.5. The van der Waals surface area contributed by atoms with Crippen molar-refractivity contribution >= 4 is 25.2 Å². The molecule has 0 aromatic rings. The molecule has 0 rings (SSSR count). The van der Waals surface area contributed by atoms with Gasteiger partial charge in [-0.25, -0.2) is 0 Å². The average molecular weight is 369 g/mol. The van der Waals surface area contributed by atoms with Crippen LogP contribution in [0.25, 0.3) is 0 Å². The van der Waals surface area contributed by atoms with Gasteiger partial charge in [0.05, 0.1) is 13.2 Å². The van der Waals surface area contributed by atoms with E-state index in [0.717, 1.165) is 6.42 Å². The molecule has 0 spiro atoms. The standard InChI is InChI=1S/C14H36O5Si3/c1-13(9-10-17-12-14(16)11-15)22(8,18-20(2,3)4)19-21(5,6)7/h13-16H,9-12H2,1-8H3. The van der Waals surface area contributed by atoms with Crippen molar-refractivity contribution in [2.45, 2.75) is 70.8 Å². The minimum absolute atomic E-state index is 0.172.